The summed E-state index contributed by atoms with van der Waals surface area (Å²) in [6.07, 6.45) is 1.18. The fourth-order valence-electron chi connectivity index (χ4n) is 2.65. The van der Waals surface area contributed by atoms with Gasteiger partial charge in [-0.05, 0) is 33.0 Å². The number of nitrogen functional groups attached to an aromatic ring is 1. The van der Waals surface area contributed by atoms with Crippen molar-refractivity contribution in [3.8, 4) is 5.75 Å². The minimum Gasteiger partial charge on any atom is -0.497 e. The first-order chi connectivity index (χ1) is 8.60. The molecule has 1 saturated heterocycles. The lowest BCUT2D eigenvalue weighted by Gasteiger charge is -2.30. The molecule has 100 valence electrons. The Kier molecular flexibility index (Phi) is 3.97. The van der Waals surface area contributed by atoms with E-state index in [1.54, 1.807) is 7.11 Å². The third-order valence-corrected chi connectivity index (χ3v) is 3.53. The van der Waals surface area contributed by atoms with Crippen LogP contribution in [0.5, 0.6) is 5.75 Å². The molecule has 1 aromatic carbocycles. The lowest BCUT2D eigenvalue weighted by molar-refractivity contribution is 0.337. The molecule has 2 N–H and O–H groups in total. The highest BCUT2D eigenvalue weighted by atomic mass is 16.5. The molecule has 1 fully saturated rings. The first kappa shape index (κ1) is 13.0. The first-order valence-corrected chi connectivity index (χ1v) is 6.50. The Labute approximate surface area is 109 Å². The van der Waals surface area contributed by atoms with Gasteiger partial charge in [-0.2, -0.15) is 0 Å². The van der Waals surface area contributed by atoms with Crippen molar-refractivity contribution >= 4 is 11.4 Å². The number of rotatable bonds is 2. The Morgan fingerprint density at radius 1 is 1.28 bits per heavy atom. The summed E-state index contributed by atoms with van der Waals surface area (Å²) in [4.78, 5) is 4.80. The molecule has 0 spiro atoms. The smallest absolute Gasteiger partial charge is 0.122 e. The SMILES string of the molecule is COc1cc(N)cc(N2CCCN(C)CC2C)c1. The zero-order chi connectivity index (χ0) is 13.1. The van der Waals surface area contributed by atoms with E-state index in [4.69, 9.17) is 10.5 Å². The van der Waals surface area contributed by atoms with Crippen molar-refractivity contribution < 1.29 is 4.74 Å². The van der Waals surface area contributed by atoms with Crippen LogP contribution in [0.3, 0.4) is 0 Å². The second-order valence-electron chi connectivity index (χ2n) is 5.12. The van der Waals surface area contributed by atoms with E-state index in [9.17, 15) is 0 Å². The molecular weight excluding hydrogens is 226 g/mol. The van der Waals surface area contributed by atoms with E-state index >= 15 is 0 Å². The van der Waals surface area contributed by atoms with E-state index in [2.05, 4.69) is 29.8 Å². The normalized spacial score (nSPS) is 21.7. The van der Waals surface area contributed by atoms with Crippen LogP contribution in [0.4, 0.5) is 11.4 Å². The molecule has 0 radical (unpaired) electrons. The number of nitrogens with zero attached hydrogens (tertiary/aromatic N) is 2. The number of ether oxygens (including phenoxy) is 1. The van der Waals surface area contributed by atoms with E-state index in [0.29, 0.717) is 6.04 Å². The molecule has 4 nitrogen and oxygen atoms in total. The summed E-state index contributed by atoms with van der Waals surface area (Å²) in [7, 11) is 3.86. The molecule has 1 aliphatic rings. The minimum absolute atomic E-state index is 0.490. The van der Waals surface area contributed by atoms with Crippen LogP contribution < -0.4 is 15.4 Å². The average Bonchev–Trinajstić information content (AvgIpc) is 2.49. The van der Waals surface area contributed by atoms with E-state index < -0.39 is 0 Å². The molecule has 0 aromatic heterocycles. The van der Waals surface area contributed by atoms with Crippen molar-refractivity contribution in [3.05, 3.63) is 18.2 Å². The molecule has 1 atom stereocenters. The Morgan fingerprint density at radius 3 is 2.78 bits per heavy atom. The molecule has 1 aromatic rings. The molecule has 1 aliphatic heterocycles. The number of hydrogen-bond acceptors (Lipinski definition) is 4. The molecule has 1 unspecified atom stereocenters. The second-order valence-corrected chi connectivity index (χ2v) is 5.12. The first-order valence-electron chi connectivity index (χ1n) is 6.50. The molecule has 0 aliphatic carbocycles. The van der Waals surface area contributed by atoms with Gasteiger partial charge in [-0.25, -0.2) is 0 Å². The van der Waals surface area contributed by atoms with E-state index in [1.807, 2.05) is 12.1 Å². The predicted octanol–water partition coefficient (Wildman–Crippen LogP) is 1.81. The second kappa shape index (κ2) is 5.48. The number of hydrogen-bond donors (Lipinski definition) is 1. The highest BCUT2D eigenvalue weighted by Gasteiger charge is 2.20. The number of nitrogens with two attached hydrogens (primary N) is 1. The summed E-state index contributed by atoms with van der Waals surface area (Å²) in [5.41, 5.74) is 7.86. The van der Waals surface area contributed by atoms with Crippen molar-refractivity contribution in [1.82, 2.24) is 4.90 Å². The van der Waals surface area contributed by atoms with Gasteiger partial charge in [0.2, 0.25) is 0 Å². The lowest BCUT2D eigenvalue weighted by atomic mass is 10.2. The maximum Gasteiger partial charge on any atom is 0.122 e. The Bertz CT molecular complexity index is 408. The summed E-state index contributed by atoms with van der Waals surface area (Å²) in [6, 6.07) is 6.45. The summed E-state index contributed by atoms with van der Waals surface area (Å²) in [5.74, 6) is 0.829. The standard InChI is InChI=1S/C14H23N3O/c1-11-10-16(2)5-4-6-17(11)13-7-12(15)8-14(9-13)18-3/h7-9,11H,4-6,10,15H2,1-3H3. The van der Waals surface area contributed by atoms with Crippen LogP contribution in [0.25, 0.3) is 0 Å². The van der Waals surface area contributed by atoms with Gasteiger partial charge in [-0.15, -0.1) is 0 Å². The van der Waals surface area contributed by atoms with Gasteiger partial charge in [0.15, 0.2) is 0 Å². The molecule has 4 heteroatoms. The van der Waals surface area contributed by atoms with Gasteiger partial charge in [0.25, 0.3) is 0 Å². The van der Waals surface area contributed by atoms with Crippen LogP contribution in [0, 0.1) is 0 Å². The van der Waals surface area contributed by atoms with Crippen LogP contribution >= 0.6 is 0 Å². The lowest BCUT2D eigenvalue weighted by Crippen LogP contribution is -2.37. The monoisotopic (exact) mass is 249 g/mol. The molecule has 0 saturated carbocycles. The highest BCUT2D eigenvalue weighted by Crippen LogP contribution is 2.27. The van der Waals surface area contributed by atoms with Crippen molar-refractivity contribution in [1.29, 1.82) is 0 Å². The summed E-state index contributed by atoms with van der Waals surface area (Å²) in [5, 5.41) is 0. The molecule has 0 bridgehead atoms. The quantitative estimate of drug-likeness (QED) is 0.812. The van der Waals surface area contributed by atoms with Crippen molar-refractivity contribution in [2.75, 3.05) is 44.4 Å². The fourth-order valence-corrected chi connectivity index (χ4v) is 2.65. The van der Waals surface area contributed by atoms with E-state index in [0.717, 1.165) is 36.8 Å². The van der Waals surface area contributed by atoms with Crippen molar-refractivity contribution in [3.63, 3.8) is 0 Å². The number of likely N-dealkylation sites (N-methyl/N-ethyl adjacent to an activating group) is 1. The molecular formula is C14H23N3O. The van der Waals surface area contributed by atoms with E-state index in [-0.39, 0.29) is 0 Å². The number of benzene rings is 1. The summed E-state index contributed by atoms with van der Waals surface area (Å²) in [6.45, 7) is 5.56. The number of methoxy groups -OCH3 is 1. The van der Waals surface area contributed by atoms with Gasteiger partial charge in [0.1, 0.15) is 5.75 Å². The molecule has 1 heterocycles. The Morgan fingerprint density at radius 2 is 2.06 bits per heavy atom. The number of anilines is 2. The molecule has 18 heavy (non-hydrogen) atoms. The van der Waals surface area contributed by atoms with Crippen molar-refractivity contribution in [2.24, 2.45) is 0 Å². The maximum absolute atomic E-state index is 5.94. The predicted molar refractivity (Wildman–Crippen MR) is 76.3 cm³/mol. The fraction of sp³-hybridized carbons (Fsp3) is 0.571. The van der Waals surface area contributed by atoms with Gasteiger partial charge < -0.3 is 20.3 Å². The molecule has 0 amide bonds. The van der Waals surface area contributed by atoms with Gasteiger partial charge >= 0.3 is 0 Å². The van der Waals surface area contributed by atoms with Crippen LogP contribution in [0.15, 0.2) is 18.2 Å². The van der Waals surface area contributed by atoms with Crippen LogP contribution in [0.2, 0.25) is 0 Å². The summed E-state index contributed by atoms with van der Waals surface area (Å²) >= 11 is 0. The van der Waals surface area contributed by atoms with Gasteiger partial charge in [-0.1, -0.05) is 0 Å². The Hall–Kier alpha value is -1.42. The highest BCUT2D eigenvalue weighted by molar-refractivity contribution is 5.61. The van der Waals surface area contributed by atoms with Crippen LogP contribution in [-0.4, -0.2) is 44.7 Å². The Balaban J connectivity index is 2.26. The minimum atomic E-state index is 0.490. The zero-order valence-corrected chi connectivity index (χ0v) is 11.5. The largest absolute Gasteiger partial charge is 0.497 e. The van der Waals surface area contributed by atoms with Crippen LogP contribution in [0.1, 0.15) is 13.3 Å². The molecule has 2 rings (SSSR count). The average molecular weight is 249 g/mol. The summed E-state index contributed by atoms with van der Waals surface area (Å²) < 4.78 is 5.30. The van der Waals surface area contributed by atoms with Gasteiger partial charge in [-0.3, -0.25) is 0 Å². The van der Waals surface area contributed by atoms with Crippen LogP contribution in [-0.2, 0) is 0 Å². The van der Waals surface area contributed by atoms with Gasteiger partial charge in [0.05, 0.1) is 7.11 Å². The third-order valence-electron chi connectivity index (χ3n) is 3.53. The van der Waals surface area contributed by atoms with Gasteiger partial charge in [0, 0.05) is 42.6 Å². The zero-order valence-electron chi connectivity index (χ0n) is 11.5. The van der Waals surface area contributed by atoms with Crippen molar-refractivity contribution in [2.45, 2.75) is 19.4 Å². The maximum atomic E-state index is 5.94. The topological polar surface area (TPSA) is 41.7 Å². The van der Waals surface area contributed by atoms with E-state index in [1.165, 1.54) is 6.42 Å². The third kappa shape index (κ3) is 2.88.